The van der Waals surface area contributed by atoms with E-state index in [-0.39, 0.29) is 25.7 Å². The van der Waals surface area contributed by atoms with Crippen molar-refractivity contribution in [2.75, 3.05) is 19.8 Å². The Labute approximate surface area is 153 Å². The number of hydrogen-bond acceptors (Lipinski definition) is 4. The van der Waals surface area contributed by atoms with Crippen LogP contribution in [0.4, 0.5) is 0 Å². The van der Waals surface area contributed by atoms with Crippen LogP contribution in [-0.2, 0) is 4.79 Å². The predicted molar refractivity (Wildman–Crippen MR) is 101 cm³/mol. The van der Waals surface area contributed by atoms with Gasteiger partial charge in [-0.05, 0) is 18.8 Å². The normalized spacial score (nSPS) is 13.1. The third-order valence-electron chi connectivity index (χ3n) is 5.51. The van der Waals surface area contributed by atoms with Gasteiger partial charge < -0.3 is 20.4 Å². The van der Waals surface area contributed by atoms with Crippen LogP contribution in [0.15, 0.2) is 0 Å². The predicted octanol–water partition coefficient (Wildman–Crippen LogP) is 3.74. The molecule has 0 aromatic rings. The van der Waals surface area contributed by atoms with E-state index in [1.54, 1.807) is 0 Å². The van der Waals surface area contributed by atoms with E-state index in [0.717, 1.165) is 38.5 Å². The summed E-state index contributed by atoms with van der Waals surface area (Å²) in [5.74, 6) is -0.779. The Bertz CT molecular complexity index is 315. The summed E-state index contributed by atoms with van der Waals surface area (Å²) in [5.41, 5.74) is -0.546. The van der Waals surface area contributed by atoms with Crippen LogP contribution in [0.5, 0.6) is 0 Å². The second-order valence-electron chi connectivity index (χ2n) is 7.55. The zero-order valence-electron chi connectivity index (χ0n) is 16.1. The molecule has 1 unspecified atom stereocenters. The molecule has 0 fully saturated rings. The Hall–Kier alpha value is -0.650. The van der Waals surface area contributed by atoms with Gasteiger partial charge in [0.15, 0.2) is 0 Å². The van der Waals surface area contributed by atoms with Gasteiger partial charge in [-0.2, -0.15) is 0 Å². The molecule has 150 valence electrons. The van der Waals surface area contributed by atoms with E-state index in [4.69, 9.17) is 5.11 Å². The monoisotopic (exact) mass is 360 g/mol. The van der Waals surface area contributed by atoms with Gasteiger partial charge in [0.2, 0.25) is 0 Å². The molecular weight excluding hydrogens is 320 g/mol. The minimum atomic E-state index is -0.693. The number of aliphatic hydroxyl groups is 3. The van der Waals surface area contributed by atoms with E-state index >= 15 is 0 Å². The zero-order chi connectivity index (χ0) is 19.0. The number of unbranched alkanes of at least 4 members (excludes halogenated alkanes) is 10. The number of rotatable bonds is 18. The Kier molecular flexibility index (Phi) is 15.2. The molecule has 0 heterocycles. The summed E-state index contributed by atoms with van der Waals surface area (Å²) in [6.07, 6.45) is 13.4. The molecule has 0 spiro atoms. The molecule has 4 N–H and O–H groups in total. The third kappa shape index (κ3) is 11.6. The van der Waals surface area contributed by atoms with Crippen LogP contribution in [0.25, 0.3) is 0 Å². The maximum absolute atomic E-state index is 10.4. The molecule has 5 nitrogen and oxygen atoms in total. The Morgan fingerprint density at radius 1 is 0.760 bits per heavy atom. The van der Waals surface area contributed by atoms with Crippen molar-refractivity contribution in [3.8, 4) is 0 Å². The second-order valence-corrected chi connectivity index (χ2v) is 7.55. The first-order valence-corrected chi connectivity index (χ1v) is 10.1. The molecule has 0 saturated heterocycles. The summed E-state index contributed by atoms with van der Waals surface area (Å²) in [6, 6.07) is 0. The van der Waals surface area contributed by atoms with Crippen molar-refractivity contribution in [2.45, 2.75) is 90.4 Å². The van der Waals surface area contributed by atoms with Crippen molar-refractivity contribution in [3.05, 3.63) is 0 Å². The molecule has 0 saturated carbocycles. The van der Waals surface area contributed by atoms with Crippen LogP contribution < -0.4 is 0 Å². The van der Waals surface area contributed by atoms with Crippen LogP contribution in [0.3, 0.4) is 0 Å². The first-order valence-electron chi connectivity index (χ1n) is 10.1. The molecule has 0 aliphatic carbocycles. The molecule has 5 heteroatoms. The highest BCUT2D eigenvalue weighted by molar-refractivity contribution is 5.66. The minimum Gasteiger partial charge on any atom is -0.481 e. The number of aliphatic carboxylic acids is 1. The van der Waals surface area contributed by atoms with Gasteiger partial charge in [-0.25, -0.2) is 0 Å². The highest BCUT2D eigenvalue weighted by Gasteiger charge is 2.34. The van der Waals surface area contributed by atoms with Crippen LogP contribution in [0.1, 0.15) is 90.4 Å². The van der Waals surface area contributed by atoms with Crippen LogP contribution in [-0.4, -0.2) is 46.2 Å². The van der Waals surface area contributed by atoms with Crippen molar-refractivity contribution < 1.29 is 25.2 Å². The number of carboxylic acid groups (broad SMARTS) is 1. The minimum absolute atomic E-state index is 0.00255. The van der Waals surface area contributed by atoms with Crippen LogP contribution >= 0.6 is 0 Å². The van der Waals surface area contributed by atoms with E-state index in [1.807, 2.05) is 6.92 Å². The van der Waals surface area contributed by atoms with E-state index in [9.17, 15) is 20.1 Å². The average molecular weight is 361 g/mol. The lowest BCUT2D eigenvalue weighted by atomic mass is 9.74. The van der Waals surface area contributed by atoms with Gasteiger partial charge in [0, 0.05) is 18.4 Å². The first kappa shape index (κ1) is 24.4. The van der Waals surface area contributed by atoms with Gasteiger partial charge in [-0.15, -0.1) is 0 Å². The van der Waals surface area contributed by atoms with Crippen LogP contribution in [0.2, 0.25) is 0 Å². The zero-order valence-corrected chi connectivity index (χ0v) is 16.1. The van der Waals surface area contributed by atoms with E-state index in [2.05, 4.69) is 0 Å². The number of aliphatic hydroxyl groups excluding tert-OH is 3. The smallest absolute Gasteiger partial charge is 0.303 e. The number of hydrogen-bond donors (Lipinski definition) is 4. The lowest BCUT2D eigenvalue weighted by Gasteiger charge is -2.35. The molecule has 0 bridgehead atoms. The molecule has 0 amide bonds. The fraction of sp³-hybridized carbons (Fsp3) is 0.950. The van der Waals surface area contributed by atoms with E-state index in [1.165, 1.54) is 38.5 Å². The topological polar surface area (TPSA) is 98.0 Å². The molecule has 0 aromatic carbocycles. The molecule has 0 aliphatic rings. The summed E-state index contributed by atoms with van der Waals surface area (Å²) < 4.78 is 0. The van der Waals surface area contributed by atoms with Gasteiger partial charge in [0.1, 0.15) is 0 Å². The summed E-state index contributed by atoms with van der Waals surface area (Å²) in [4.78, 5) is 10.4. The van der Waals surface area contributed by atoms with Gasteiger partial charge in [-0.1, -0.05) is 71.1 Å². The largest absolute Gasteiger partial charge is 0.481 e. The maximum atomic E-state index is 10.4. The Morgan fingerprint density at radius 3 is 1.52 bits per heavy atom. The van der Waals surface area contributed by atoms with Gasteiger partial charge in [-0.3, -0.25) is 4.79 Å². The summed E-state index contributed by atoms with van der Waals surface area (Å²) in [7, 11) is 0. The third-order valence-corrected chi connectivity index (χ3v) is 5.51. The van der Waals surface area contributed by atoms with Crippen molar-refractivity contribution in [2.24, 2.45) is 11.3 Å². The molecule has 0 radical (unpaired) electrons. The number of carbonyl (C=O) groups is 1. The summed E-state index contributed by atoms with van der Waals surface area (Å²) in [6.45, 7) is 1.74. The lowest BCUT2D eigenvalue weighted by Crippen LogP contribution is -2.38. The van der Waals surface area contributed by atoms with E-state index in [0.29, 0.717) is 6.42 Å². The maximum Gasteiger partial charge on any atom is 0.303 e. The second kappa shape index (κ2) is 15.6. The van der Waals surface area contributed by atoms with Crippen molar-refractivity contribution in [1.82, 2.24) is 0 Å². The summed E-state index contributed by atoms with van der Waals surface area (Å²) in [5, 5.41) is 37.0. The van der Waals surface area contributed by atoms with Crippen molar-refractivity contribution in [3.63, 3.8) is 0 Å². The van der Waals surface area contributed by atoms with Crippen molar-refractivity contribution >= 4 is 5.97 Å². The quantitative estimate of drug-likeness (QED) is 0.279. The van der Waals surface area contributed by atoms with Crippen LogP contribution in [0, 0.1) is 11.3 Å². The molecule has 0 rings (SSSR count). The van der Waals surface area contributed by atoms with Crippen molar-refractivity contribution in [1.29, 1.82) is 0 Å². The lowest BCUT2D eigenvalue weighted by molar-refractivity contribution is -0.137. The molecular formula is C20H40O5. The summed E-state index contributed by atoms with van der Waals surface area (Å²) >= 11 is 0. The molecule has 0 aliphatic heterocycles. The fourth-order valence-electron chi connectivity index (χ4n) is 3.30. The van der Waals surface area contributed by atoms with Gasteiger partial charge in [0.25, 0.3) is 0 Å². The number of carboxylic acids is 1. The van der Waals surface area contributed by atoms with E-state index < -0.39 is 11.4 Å². The molecule has 1 atom stereocenters. The highest BCUT2D eigenvalue weighted by atomic mass is 16.4. The average Bonchev–Trinajstić information content (AvgIpc) is 2.61. The van der Waals surface area contributed by atoms with Gasteiger partial charge in [0.05, 0.1) is 13.2 Å². The molecule has 0 aromatic heterocycles. The first-order chi connectivity index (χ1) is 12.0. The van der Waals surface area contributed by atoms with Gasteiger partial charge >= 0.3 is 5.97 Å². The molecule has 25 heavy (non-hydrogen) atoms. The standard InChI is InChI=1S/C20H40O5/c1-18(15-21)20(16-22,17-23)14-12-10-8-6-4-2-3-5-7-9-11-13-19(24)25/h18,21-23H,2-17H2,1H3,(H,24,25). The SMILES string of the molecule is CC(CO)C(CO)(CO)CCCCCCCCCCCCCC(=O)O. The fourth-order valence-corrected chi connectivity index (χ4v) is 3.30. The Morgan fingerprint density at radius 2 is 1.16 bits per heavy atom. The Balaban J connectivity index is 3.50. The highest BCUT2D eigenvalue weighted by Crippen LogP contribution is 2.33.